The van der Waals surface area contributed by atoms with E-state index in [4.69, 9.17) is 0 Å². The van der Waals surface area contributed by atoms with Gasteiger partial charge in [-0.2, -0.15) is 0 Å². The van der Waals surface area contributed by atoms with Gasteiger partial charge in [-0.15, -0.1) is 0 Å². The molecule has 0 aromatic heterocycles. The third-order valence-electron chi connectivity index (χ3n) is 5.58. The molecule has 8 nitrogen and oxygen atoms in total. The number of hydrogen-bond acceptors (Lipinski definition) is 7. The van der Waals surface area contributed by atoms with Crippen LogP contribution in [-0.2, 0) is 0 Å². The van der Waals surface area contributed by atoms with E-state index < -0.39 is 33.5 Å². The van der Waals surface area contributed by atoms with Gasteiger partial charge in [0.1, 0.15) is 11.3 Å². The minimum Gasteiger partial charge on any atom is -0.507 e. The molecular weight excluding hydrogens is 434 g/mol. The van der Waals surface area contributed by atoms with Crippen LogP contribution in [0, 0.1) is 10.1 Å². The summed E-state index contributed by atoms with van der Waals surface area (Å²) in [5.74, 6) is -1.89. The largest absolute Gasteiger partial charge is 0.507 e. The number of carbonyl (C=O) groups is 2. The molecule has 0 saturated heterocycles. The fourth-order valence-corrected chi connectivity index (χ4v) is 4.08. The fourth-order valence-electron chi connectivity index (χ4n) is 4.08. The minimum atomic E-state index is -0.731. The SMILES string of the molecule is O=C1c2c(O)ccc([N+](=O)[O-])c2C(=O)c2c(Nc3ccccc3)ccc(Nc3ccccc3)c21. The lowest BCUT2D eigenvalue weighted by atomic mass is 9.81. The maximum Gasteiger partial charge on any atom is 0.281 e. The molecule has 0 fully saturated rings. The predicted octanol–water partition coefficient (Wildman–Crippen LogP) is 5.56. The highest BCUT2D eigenvalue weighted by molar-refractivity contribution is 6.34. The van der Waals surface area contributed by atoms with Crippen LogP contribution in [0.15, 0.2) is 84.9 Å². The molecule has 4 aromatic carbocycles. The van der Waals surface area contributed by atoms with Crippen LogP contribution in [0.2, 0.25) is 0 Å². The lowest BCUT2D eigenvalue weighted by Crippen LogP contribution is -2.24. The Bertz CT molecular complexity index is 1470. The van der Waals surface area contributed by atoms with Gasteiger partial charge in [-0.05, 0) is 42.5 Å². The van der Waals surface area contributed by atoms with Gasteiger partial charge in [-0.1, -0.05) is 36.4 Å². The molecule has 8 heteroatoms. The Morgan fingerprint density at radius 2 is 1.09 bits per heavy atom. The number of fused-ring (bicyclic) bond motifs is 2. The van der Waals surface area contributed by atoms with Gasteiger partial charge in [-0.25, -0.2) is 0 Å². The van der Waals surface area contributed by atoms with Crippen molar-refractivity contribution in [1.29, 1.82) is 0 Å². The Morgan fingerprint density at radius 3 is 1.56 bits per heavy atom. The number of ketones is 2. The number of benzene rings is 4. The van der Waals surface area contributed by atoms with Crippen LogP contribution < -0.4 is 10.6 Å². The molecule has 3 N–H and O–H groups in total. The van der Waals surface area contributed by atoms with Crippen molar-refractivity contribution in [2.24, 2.45) is 0 Å². The first-order chi connectivity index (χ1) is 16.5. The van der Waals surface area contributed by atoms with E-state index in [-0.39, 0.29) is 16.7 Å². The Labute approximate surface area is 193 Å². The number of nitrogens with zero attached hydrogens (tertiary/aromatic N) is 1. The molecule has 0 heterocycles. The summed E-state index contributed by atoms with van der Waals surface area (Å²) in [7, 11) is 0. The van der Waals surface area contributed by atoms with E-state index in [9.17, 15) is 24.8 Å². The average molecular weight is 451 g/mol. The maximum absolute atomic E-state index is 13.7. The summed E-state index contributed by atoms with van der Waals surface area (Å²) in [6, 6.07) is 23.5. The molecular formula is C26H17N3O5. The molecule has 1 aliphatic carbocycles. The molecule has 0 aliphatic heterocycles. The van der Waals surface area contributed by atoms with Crippen molar-refractivity contribution in [1.82, 2.24) is 0 Å². The Hall–Kier alpha value is -4.98. The summed E-state index contributed by atoms with van der Waals surface area (Å²) >= 11 is 0. The summed E-state index contributed by atoms with van der Waals surface area (Å²) in [6.45, 7) is 0. The topological polar surface area (TPSA) is 122 Å². The third-order valence-corrected chi connectivity index (χ3v) is 5.58. The number of nitro groups is 1. The van der Waals surface area contributed by atoms with E-state index in [0.717, 1.165) is 12.1 Å². The number of para-hydroxylation sites is 2. The van der Waals surface area contributed by atoms with E-state index in [1.54, 1.807) is 36.4 Å². The third kappa shape index (κ3) is 3.43. The van der Waals surface area contributed by atoms with Gasteiger partial charge in [0.25, 0.3) is 5.69 Å². The van der Waals surface area contributed by atoms with Crippen LogP contribution in [0.25, 0.3) is 0 Å². The summed E-state index contributed by atoms with van der Waals surface area (Å²) in [4.78, 5) is 38.3. The normalized spacial score (nSPS) is 12.0. The lowest BCUT2D eigenvalue weighted by molar-refractivity contribution is -0.385. The second-order valence-electron chi connectivity index (χ2n) is 7.66. The minimum absolute atomic E-state index is 0.00372. The first-order valence-electron chi connectivity index (χ1n) is 10.4. The van der Waals surface area contributed by atoms with Crippen LogP contribution in [0.5, 0.6) is 5.75 Å². The summed E-state index contributed by atoms with van der Waals surface area (Å²) in [5.41, 5.74) is 0.706. The zero-order valence-corrected chi connectivity index (χ0v) is 17.6. The molecule has 0 unspecified atom stereocenters. The molecule has 0 saturated carbocycles. The predicted molar refractivity (Wildman–Crippen MR) is 128 cm³/mol. The van der Waals surface area contributed by atoms with Crippen molar-refractivity contribution in [3.8, 4) is 5.75 Å². The standard InChI is InChI=1S/C26H17N3O5/c30-20-14-13-19(29(33)34)23-24(20)26(32)22-18(28-16-9-5-2-6-10-16)12-11-17(21(22)25(23)31)27-15-7-3-1-4-8-15/h1-14,27-28,30H. The zero-order chi connectivity index (χ0) is 23.8. The van der Waals surface area contributed by atoms with Crippen molar-refractivity contribution in [2.75, 3.05) is 10.6 Å². The summed E-state index contributed by atoms with van der Waals surface area (Å²) in [6.07, 6.45) is 0. The van der Waals surface area contributed by atoms with Crippen LogP contribution in [0.1, 0.15) is 31.8 Å². The van der Waals surface area contributed by atoms with Gasteiger partial charge in [-0.3, -0.25) is 19.7 Å². The van der Waals surface area contributed by atoms with Crippen LogP contribution in [0.3, 0.4) is 0 Å². The van der Waals surface area contributed by atoms with E-state index in [1.165, 1.54) is 0 Å². The van der Waals surface area contributed by atoms with E-state index in [1.807, 2.05) is 36.4 Å². The molecule has 166 valence electrons. The van der Waals surface area contributed by atoms with Crippen molar-refractivity contribution >= 4 is 40.0 Å². The van der Waals surface area contributed by atoms with Crippen LogP contribution in [-0.4, -0.2) is 21.6 Å². The highest BCUT2D eigenvalue weighted by atomic mass is 16.6. The second-order valence-corrected chi connectivity index (χ2v) is 7.66. The van der Waals surface area contributed by atoms with Gasteiger partial charge in [0.2, 0.25) is 11.6 Å². The number of hydrogen-bond donors (Lipinski definition) is 3. The molecule has 0 bridgehead atoms. The highest BCUT2D eigenvalue weighted by Crippen LogP contribution is 2.43. The van der Waals surface area contributed by atoms with Crippen LogP contribution in [0.4, 0.5) is 28.4 Å². The van der Waals surface area contributed by atoms with Gasteiger partial charge in [0.05, 0.1) is 33.0 Å². The lowest BCUT2D eigenvalue weighted by Gasteiger charge is -2.24. The number of aromatic hydroxyl groups is 1. The van der Waals surface area contributed by atoms with Crippen LogP contribution >= 0.6 is 0 Å². The fraction of sp³-hybridized carbons (Fsp3) is 0. The van der Waals surface area contributed by atoms with Gasteiger partial charge >= 0.3 is 0 Å². The van der Waals surface area contributed by atoms with E-state index >= 15 is 0 Å². The van der Waals surface area contributed by atoms with Crippen molar-refractivity contribution in [2.45, 2.75) is 0 Å². The first-order valence-corrected chi connectivity index (χ1v) is 10.4. The van der Waals surface area contributed by atoms with E-state index in [2.05, 4.69) is 10.6 Å². The second kappa shape index (κ2) is 8.18. The molecule has 4 aromatic rings. The Kier molecular flexibility index (Phi) is 5.03. The summed E-state index contributed by atoms with van der Waals surface area (Å²) in [5, 5.41) is 28.4. The quantitative estimate of drug-likeness (QED) is 0.236. The number of nitrogens with one attached hydrogen (secondary N) is 2. The van der Waals surface area contributed by atoms with Gasteiger partial charge < -0.3 is 15.7 Å². The number of nitro benzene ring substituents is 1. The molecule has 0 atom stereocenters. The van der Waals surface area contributed by atoms with Crippen molar-refractivity contribution in [3.63, 3.8) is 0 Å². The molecule has 0 spiro atoms. The molecule has 1 aliphatic rings. The average Bonchev–Trinajstić information content (AvgIpc) is 2.84. The number of phenolic OH excluding ortho intramolecular Hbond substituents is 1. The highest BCUT2D eigenvalue weighted by Gasteiger charge is 2.40. The molecule has 34 heavy (non-hydrogen) atoms. The van der Waals surface area contributed by atoms with E-state index in [0.29, 0.717) is 22.7 Å². The van der Waals surface area contributed by atoms with Crippen molar-refractivity contribution < 1.29 is 19.6 Å². The zero-order valence-electron chi connectivity index (χ0n) is 17.6. The molecule has 0 radical (unpaired) electrons. The Balaban J connectivity index is 1.75. The smallest absolute Gasteiger partial charge is 0.281 e. The molecule has 5 rings (SSSR count). The van der Waals surface area contributed by atoms with Gasteiger partial charge in [0, 0.05) is 17.4 Å². The first kappa shape index (κ1) is 20.9. The summed E-state index contributed by atoms with van der Waals surface area (Å²) < 4.78 is 0. The maximum atomic E-state index is 13.7. The Morgan fingerprint density at radius 1 is 0.618 bits per heavy atom. The number of rotatable bonds is 5. The number of phenols is 1. The van der Waals surface area contributed by atoms with Gasteiger partial charge in [0.15, 0.2) is 0 Å². The number of anilines is 4. The number of carbonyl (C=O) groups excluding carboxylic acids is 2. The molecule has 0 amide bonds. The van der Waals surface area contributed by atoms with Crippen molar-refractivity contribution in [3.05, 3.63) is 117 Å². The monoisotopic (exact) mass is 451 g/mol.